The van der Waals surface area contributed by atoms with E-state index in [0.717, 1.165) is 18.5 Å². The number of aromatic nitrogens is 1. The van der Waals surface area contributed by atoms with Crippen LogP contribution in [0.2, 0.25) is 0 Å². The summed E-state index contributed by atoms with van der Waals surface area (Å²) in [4.78, 5) is 24.5. The fourth-order valence-corrected chi connectivity index (χ4v) is 1.05. The van der Waals surface area contributed by atoms with E-state index < -0.39 is 24.1 Å². The molecule has 0 amide bonds. The van der Waals surface area contributed by atoms with Crippen molar-refractivity contribution in [2.75, 3.05) is 0 Å². The summed E-state index contributed by atoms with van der Waals surface area (Å²) in [5, 5.41) is 35.5. The Morgan fingerprint density at radius 1 is 1.19 bits per heavy atom. The second-order valence-corrected chi connectivity index (χ2v) is 3.04. The molecule has 1 aromatic rings. The van der Waals surface area contributed by atoms with Crippen LogP contribution in [0.3, 0.4) is 0 Å². The van der Waals surface area contributed by atoms with Gasteiger partial charge in [0.15, 0.2) is 6.10 Å². The molecular formula is C9H9NO6. The number of hydrogen-bond acceptors (Lipinski definition) is 5. The number of carbonyl (C=O) groups is 2. The maximum Gasteiger partial charge on any atom is 0.337 e. The predicted molar refractivity (Wildman–Crippen MR) is 49.8 cm³/mol. The number of nitrogens with zero attached hydrogens (tertiary/aromatic N) is 1. The van der Waals surface area contributed by atoms with E-state index in [4.69, 9.17) is 15.3 Å². The Morgan fingerprint density at radius 3 is 2.31 bits per heavy atom. The summed E-state index contributed by atoms with van der Waals surface area (Å²) in [5.74, 6) is -2.86. The third-order valence-corrected chi connectivity index (χ3v) is 1.90. The first-order valence-corrected chi connectivity index (χ1v) is 4.20. The fraction of sp³-hybridized carbons (Fsp3) is 0.222. The van der Waals surface area contributed by atoms with Crippen LogP contribution in [0.4, 0.5) is 0 Å². The minimum absolute atomic E-state index is 0.0743. The highest BCUT2D eigenvalue weighted by atomic mass is 16.4. The Kier molecular flexibility index (Phi) is 3.54. The monoisotopic (exact) mass is 227 g/mol. The molecule has 4 N–H and O–H groups in total. The maximum absolute atomic E-state index is 10.6. The van der Waals surface area contributed by atoms with E-state index >= 15 is 0 Å². The summed E-state index contributed by atoms with van der Waals surface area (Å²) >= 11 is 0. The number of pyridine rings is 1. The van der Waals surface area contributed by atoms with Crippen molar-refractivity contribution in [3.8, 4) is 0 Å². The van der Waals surface area contributed by atoms with E-state index in [9.17, 15) is 14.7 Å². The summed E-state index contributed by atoms with van der Waals surface area (Å²) in [7, 11) is 0. The molecule has 1 aromatic heterocycles. The molecule has 0 aromatic carbocycles. The first-order valence-electron chi connectivity index (χ1n) is 4.20. The lowest BCUT2D eigenvalue weighted by Gasteiger charge is -2.13. The molecule has 86 valence electrons. The average molecular weight is 227 g/mol. The molecule has 0 aliphatic carbocycles. The normalized spacial score (nSPS) is 14.1. The Hall–Kier alpha value is -1.99. The Balaban J connectivity index is 3.00. The molecule has 16 heavy (non-hydrogen) atoms. The van der Waals surface area contributed by atoms with Gasteiger partial charge in [-0.2, -0.15) is 0 Å². The van der Waals surface area contributed by atoms with Crippen LogP contribution in [0.15, 0.2) is 18.5 Å². The largest absolute Gasteiger partial charge is 0.479 e. The molecule has 0 saturated heterocycles. The number of rotatable bonds is 4. The Labute approximate surface area is 89.6 Å². The molecule has 2 unspecified atom stereocenters. The maximum atomic E-state index is 10.6. The van der Waals surface area contributed by atoms with Gasteiger partial charge in [0, 0.05) is 18.0 Å². The molecule has 0 aliphatic heterocycles. The van der Waals surface area contributed by atoms with Crippen LogP contribution in [0, 0.1) is 0 Å². The molecule has 2 atom stereocenters. The van der Waals surface area contributed by atoms with Crippen molar-refractivity contribution in [1.29, 1.82) is 0 Å². The minimum Gasteiger partial charge on any atom is -0.479 e. The van der Waals surface area contributed by atoms with Gasteiger partial charge in [-0.15, -0.1) is 0 Å². The van der Waals surface area contributed by atoms with Crippen LogP contribution in [0.1, 0.15) is 22.0 Å². The van der Waals surface area contributed by atoms with Crippen molar-refractivity contribution in [2.45, 2.75) is 12.2 Å². The van der Waals surface area contributed by atoms with Crippen molar-refractivity contribution in [2.24, 2.45) is 0 Å². The van der Waals surface area contributed by atoms with Crippen molar-refractivity contribution in [3.05, 3.63) is 29.6 Å². The van der Waals surface area contributed by atoms with Crippen molar-refractivity contribution >= 4 is 11.9 Å². The van der Waals surface area contributed by atoms with Crippen LogP contribution < -0.4 is 0 Å². The number of aliphatic hydroxyl groups excluding tert-OH is 2. The first-order chi connectivity index (χ1) is 7.43. The minimum atomic E-state index is -2.02. The van der Waals surface area contributed by atoms with Crippen LogP contribution in [-0.2, 0) is 4.79 Å². The topological polar surface area (TPSA) is 128 Å². The van der Waals surface area contributed by atoms with Gasteiger partial charge in [0.1, 0.15) is 6.10 Å². The SMILES string of the molecule is O=C(O)c1cncc(C(O)C(O)C(=O)O)c1. The number of aliphatic carboxylic acids is 1. The molecule has 0 spiro atoms. The van der Waals surface area contributed by atoms with Crippen molar-refractivity contribution in [1.82, 2.24) is 4.98 Å². The van der Waals surface area contributed by atoms with Crippen LogP contribution in [-0.4, -0.2) is 43.5 Å². The Bertz CT molecular complexity index is 418. The highest BCUT2D eigenvalue weighted by Crippen LogP contribution is 2.17. The lowest BCUT2D eigenvalue weighted by molar-refractivity contribution is -0.153. The lowest BCUT2D eigenvalue weighted by atomic mass is 10.1. The highest BCUT2D eigenvalue weighted by molar-refractivity contribution is 5.87. The number of aromatic carboxylic acids is 1. The second kappa shape index (κ2) is 4.69. The smallest absolute Gasteiger partial charge is 0.337 e. The molecule has 0 aliphatic rings. The third kappa shape index (κ3) is 2.53. The van der Waals surface area contributed by atoms with Gasteiger partial charge in [-0.05, 0) is 6.07 Å². The summed E-state index contributed by atoms with van der Waals surface area (Å²) in [5.41, 5.74) is -0.274. The second-order valence-electron chi connectivity index (χ2n) is 3.04. The van der Waals surface area contributed by atoms with Crippen molar-refractivity contribution in [3.63, 3.8) is 0 Å². The van der Waals surface area contributed by atoms with E-state index in [0.29, 0.717) is 0 Å². The van der Waals surface area contributed by atoms with E-state index in [-0.39, 0.29) is 11.1 Å². The molecule has 1 heterocycles. The van der Waals surface area contributed by atoms with Crippen LogP contribution in [0.5, 0.6) is 0 Å². The number of hydrogen-bond donors (Lipinski definition) is 4. The molecule has 0 bridgehead atoms. The molecule has 7 heteroatoms. The van der Waals surface area contributed by atoms with Gasteiger partial charge >= 0.3 is 11.9 Å². The van der Waals surface area contributed by atoms with Gasteiger partial charge in [-0.25, -0.2) is 9.59 Å². The fourth-order valence-electron chi connectivity index (χ4n) is 1.05. The highest BCUT2D eigenvalue weighted by Gasteiger charge is 2.25. The van der Waals surface area contributed by atoms with E-state index in [1.807, 2.05) is 0 Å². The van der Waals surface area contributed by atoms with Gasteiger partial charge in [0.05, 0.1) is 5.56 Å². The molecule has 1 rings (SSSR count). The van der Waals surface area contributed by atoms with Crippen LogP contribution >= 0.6 is 0 Å². The molecule has 0 fully saturated rings. The zero-order chi connectivity index (χ0) is 12.3. The summed E-state index contributed by atoms with van der Waals surface area (Å²) < 4.78 is 0. The van der Waals surface area contributed by atoms with Gasteiger partial charge in [0.25, 0.3) is 0 Å². The van der Waals surface area contributed by atoms with Gasteiger partial charge in [0.2, 0.25) is 0 Å². The van der Waals surface area contributed by atoms with Crippen molar-refractivity contribution < 1.29 is 30.0 Å². The third-order valence-electron chi connectivity index (χ3n) is 1.90. The van der Waals surface area contributed by atoms with E-state index in [2.05, 4.69) is 4.98 Å². The number of aliphatic hydroxyl groups is 2. The zero-order valence-electron chi connectivity index (χ0n) is 7.94. The van der Waals surface area contributed by atoms with Gasteiger partial charge in [-0.1, -0.05) is 0 Å². The Morgan fingerprint density at radius 2 is 1.81 bits per heavy atom. The molecule has 0 radical (unpaired) electrons. The van der Waals surface area contributed by atoms with E-state index in [1.165, 1.54) is 0 Å². The average Bonchev–Trinajstić information content (AvgIpc) is 2.27. The molecule has 7 nitrogen and oxygen atoms in total. The summed E-state index contributed by atoms with van der Waals surface area (Å²) in [6.45, 7) is 0. The zero-order valence-corrected chi connectivity index (χ0v) is 7.94. The van der Waals surface area contributed by atoms with Crippen LogP contribution in [0.25, 0.3) is 0 Å². The lowest BCUT2D eigenvalue weighted by Crippen LogP contribution is -2.27. The summed E-state index contributed by atoms with van der Waals surface area (Å²) in [6, 6.07) is 1.05. The first kappa shape index (κ1) is 12.1. The van der Waals surface area contributed by atoms with E-state index in [1.54, 1.807) is 0 Å². The number of carboxylic acid groups (broad SMARTS) is 2. The standard InChI is InChI=1S/C9H9NO6/c11-6(7(12)9(15)16)4-1-5(8(13)14)3-10-2-4/h1-3,6-7,11-12H,(H,13,14)(H,15,16). The van der Waals surface area contributed by atoms with Gasteiger partial charge in [-0.3, -0.25) is 4.98 Å². The van der Waals surface area contributed by atoms with Gasteiger partial charge < -0.3 is 20.4 Å². The summed E-state index contributed by atoms with van der Waals surface area (Å²) in [6.07, 6.45) is -1.61. The predicted octanol–water partition coefficient (Wildman–Crippen LogP) is -0.741. The number of carboxylic acids is 2. The molecule has 0 saturated carbocycles. The molecular weight excluding hydrogens is 218 g/mol. The quantitative estimate of drug-likeness (QED) is 0.533.